The minimum Gasteiger partial charge on any atom is -0.351 e. The van der Waals surface area contributed by atoms with Crippen molar-refractivity contribution < 1.29 is 9.59 Å². The Hall–Kier alpha value is -2.59. The minimum atomic E-state index is -0.725. The largest absolute Gasteiger partial charge is 0.351 e. The number of hydrogen-bond acceptors (Lipinski definition) is 2. The monoisotopic (exact) mass is 384 g/mol. The first-order valence-corrected chi connectivity index (χ1v) is 9.30. The molecule has 0 bridgehead atoms. The predicted octanol–water partition coefficient (Wildman–Crippen LogP) is 4.37. The molecule has 0 saturated heterocycles. The Bertz CT molecular complexity index is 773. The van der Waals surface area contributed by atoms with Crippen LogP contribution >= 0.6 is 11.6 Å². The summed E-state index contributed by atoms with van der Waals surface area (Å²) in [6.45, 7) is 7.96. The van der Waals surface area contributed by atoms with Crippen molar-refractivity contribution in [1.29, 1.82) is 0 Å². The molecule has 0 heterocycles. The molecular weight excluding hydrogens is 360 g/mol. The standard InChI is InChI=1S/C22H25ClN2O2/c1-4-14-24-21(26)20(18-8-6-5-7-9-18)25(22(27)16(2)3)15-17-10-12-19(23)13-11-17/h4-13,16,20H,1,14-15H2,2-3H3,(H,24,26)/t20-/m1/s1. The number of halogens is 1. The molecule has 2 rings (SSSR count). The van der Waals surface area contributed by atoms with Crippen LogP contribution in [-0.4, -0.2) is 23.3 Å². The normalized spacial score (nSPS) is 11.7. The summed E-state index contributed by atoms with van der Waals surface area (Å²) in [7, 11) is 0. The number of carbonyl (C=O) groups is 2. The molecule has 2 aromatic carbocycles. The Morgan fingerprint density at radius 3 is 2.30 bits per heavy atom. The Kier molecular flexibility index (Phi) is 7.62. The maximum absolute atomic E-state index is 13.0. The average molecular weight is 385 g/mol. The highest BCUT2D eigenvalue weighted by Crippen LogP contribution is 2.26. The molecule has 0 fully saturated rings. The van der Waals surface area contributed by atoms with Crippen LogP contribution in [0.1, 0.15) is 31.0 Å². The molecule has 0 unspecified atom stereocenters. The van der Waals surface area contributed by atoms with Gasteiger partial charge in [0, 0.05) is 24.0 Å². The summed E-state index contributed by atoms with van der Waals surface area (Å²) in [5.74, 6) is -0.563. The molecule has 0 aliphatic carbocycles. The lowest BCUT2D eigenvalue weighted by Gasteiger charge is -2.32. The Morgan fingerprint density at radius 2 is 1.74 bits per heavy atom. The van der Waals surface area contributed by atoms with E-state index in [1.165, 1.54) is 0 Å². The molecule has 1 atom stereocenters. The van der Waals surface area contributed by atoms with Gasteiger partial charge < -0.3 is 10.2 Å². The van der Waals surface area contributed by atoms with Crippen LogP contribution < -0.4 is 5.32 Å². The van der Waals surface area contributed by atoms with E-state index in [0.29, 0.717) is 18.1 Å². The zero-order chi connectivity index (χ0) is 19.8. The van der Waals surface area contributed by atoms with Crippen molar-refractivity contribution in [1.82, 2.24) is 10.2 Å². The van der Waals surface area contributed by atoms with Crippen LogP contribution in [0.3, 0.4) is 0 Å². The van der Waals surface area contributed by atoms with Gasteiger partial charge in [-0.25, -0.2) is 0 Å². The highest BCUT2D eigenvalue weighted by molar-refractivity contribution is 6.30. The Balaban J connectivity index is 2.44. The fourth-order valence-corrected chi connectivity index (χ4v) is 2.92. The second-order valence-electron chi connectivity index (χ2n) is 6.59. The maximum atomic E-state index is 13.0. The fourth-order valence-electron chi connectivity index (χ4n) is 2.79. The molecule has 0 saturated carbocycles. The fraction of sp³-hybridized carbons (Fsp3) is 0.273. The van der Waals surface area contributed by atoms with Gasteiger partial charge in [0.2, 0.25) is 11.8 Å². The van der Waals surface area contributed by atoms with E-state index < -0.39 is 6.04 Å². The number of benzene rings is 2. The van der Waals surface area contributed by atoms with Crippen molar-refractivity contribution in [3.63, 3.8) is 0 Å². The lowest BCUT2D eigenvalue weighted by Crippen LogP contribution is -2.44. The second kappa shape index (κ2) is 9.93. The van der Waals surface area contributed by atoms with E-state index in [9.17, 15) is 9.59 Å². The number of nitrogens with zero attached hydrogens (tertiary/aromatic N) is 1. The van der Waals surface area contributed by atoms with Crippen LogP contribution in [0.2, 0.25) is 5.02 Å². The van der Waals surface area contributed by atoms with E-state index in [1.54, 1.807) is 23.1 Å². The quantitative estimate of drug-likeness (QED) is 0.687. The van der Waals surface area contributed by atoms with Crippen LogP contribution in [0.4, 0.5) is 0 Å². The summed E-state index contributed by atoms with van der Waals surface area (Å²) in [5, 5.41) is 3.46. The van der Waals surface area contributed by atoms with Gasteiger partial charge >= 0.3 is 0 Å². The van der Waals surface area contributed by atoms with Crippen LogP contribution in [-0.2, 0) is 16.1 Å². The van der Waals surface area contributed by atoms with Gasteiger partial charge in [-0.05, 0) is 23.3 Å². The second-order valence-corrected chi connectivity index (χ2v) is 7.03. The zero-order valence-electron chi connectivity index (χ0n) is 15.7. The molecule has 142 valence electrons. The molecule has 27 heavy (non-hydrogen) atoms. The van der Waals surface area contributed by atoms with Crippen LogP contribution in [0.15, 0.2) is 67.3 Å². The van der Waals surface area contributed by atoms with E-state index in [-0.39, 0.29) is 17.7 Å². The van der Waals surface area contributed by atoms with Gasteiger partial charge in [-0.2, -0.15) is 0 Å². The maximum Gasteiger partial charge on any atom is 0.247 e. The number of rotatable bonds is 8. The first-order valence-electron chi connectivity index (χ1n) is 8.92. The first kappa shape index (κ1) is 20.7. The van der Waals surface area contributed by atoms with Crippen molar-refractivity contribution in [2.45, 2.75) is 26.4 Å². The molecule has 2 aromatic rings. The summed E-state index contributed by atoms with van der Waals surface area (Å²) < 4.78 is 0. The molecule has 5 heteroatoms. The highest BCUT2D eigenvalue weighted by Gasteiger charge is 2.32. The van der Waals surface area contributed by atoms with Gasteiger partial charge in [-0.15, -0.1) is 6.58 Å². The molecule has 4 nitrogen and oxygen atoms in total. The molecule has 1 N–H and O–H groups in total. The molecule has 0 aliphatic heterocycles. The van der Waals surface area contributed by atoms with E-state index in [1.807, 2.05) is 56.3 Å². The summed E-state index contributed by atoms with van der Waals surface area (Å²) in [6.07, 6.45) is 1.62. The van der Waals surface area contributed by atoms with Crippen molar-refractivity contribution in [3.8, 4) is 0 Å². The molecule has 0 radical (unpaired) electrons. The smallest absolute Gasteiger partial charge is 0.247 e. The van der Waals surface area contributed by atoms with Crippen molar-refractivity contribution in [3.05, 3.63) is 83.4 Å². The van der Waals surface area contributed by atoms with Crippen LogP contribution in [0.25, 0.3) is 0 Å². The van der Waals surface area contributed by atoms with Gasteiger partial charge in [0.25, 0.3) is 0 Å². The number of hydrogen-bond donors (Lipinski definition) is 1. The number of amides is 2. The molecule has 0 aliphatic rings. The predicted molar refractivity (Wildman–Crippen MR) is 109 cm³/mol. The summed E-state index contributed by atoms with van der Waals surface area (Å²) in [5.41, 5.74) is 1.67. The highest BCUT2D eigenvalue weighted by atomic mass is 35.5. The minimum absolute atomic E-state index is 0.0902. The van der Waals surface area contributed by atoms with E-state index in [0.717, 1.165) is 11.1 Å². The van der Waals surface area contributed by atoms with Gasteiger partial charge in [0.1, 0.15) is 6.04 Å². The first-order chi connectivity index (χ1) is 12.9. The molecule has 0 aromatic heterocycles. The molecule has 0 spiro atoms. The van der Waals surface area contributed by atoms with E-state index in [2.05, 4.69) is 11.9 Å². The van der Waals surface area contributed by atoms with Crippen molar-refractivity contribution in [2.24, 2.45) is 5.92 Å². The number of nitrogens with one attached hydrogen (secondary N) is 1. The Morgan fingerprint density at radius 1 is 1.11 bits per heavy atom. The third-order valence-electron chi connectivity index (χ3n) is 4.14. The van der Waals surface area contributed by atoms with Crippen LogP contribution in [0.5, 0.6) is 0 Å². The van der Waals surface area contributed by atoms with Crippen molar-refractivity contribution in [2.75, 3.05) is 6.54 Å². The van der Waals surface area contributed by atoms with E-state index >= 15 is 0 Å². The lowest BCUT2D eigenvalue weighted by atomic mass is 10.0. The molecular formula is C22H25ClN2O2. The third-order valence-corrected chi connectivity index (χ3v) is 4.39. The SMILES string of the molecule is C=CCNC(=O)[C@@H](c1ccccc1)N(Cc1ccc(Cl)cc1)C(=O)C(C)C. The van der Waals surface area contributed by atoms with Gasteiger partial charge in [-0.3, -0.25) is 9.59 Å². The topological polar surface area (TPSA) is 49.4 Å². The van der Waals surface area contributed by atoms with Crippen molar-refractivity contribution >= 4 is 23.4 Å². The van der Waals surface area contributed by atoms with Crippen LogP contribution in [0, 0.1) is 5.92 Å². The number of carbonyl (C=O) groups excluding carboxylic acids is 2. The Labute approximate surface area is 165 Å². The van der Waals surface area contributed by atoms with E-state index in [4.69, 9.17) is 11.6 Å². The summed E-state index contributed by atoms with van der Waals surface area (Å²) in [6, 6.07) is 15.9. The van der Waals surface area contributed by atoms with Gasteiger partial charge in [0.05, 0.1) is 0 Å². The van der Waals surface area contributed by atoms with Gasteiger partial charge in [-0.1, -0.05) is 74.0 Å². The lowest BCUT2D eigenvalue weighted by molar-refractivity contribution is -0.144. The summed E-state index contributed by atoms with van der Waals surface area (Å²) in [4.78, 5) is 27.6. The average Bonchev–Trinajstić information content (AvgIpc) is 2.67. The van der Waals surface area contributed by atoms with Gasteiger partial charge in [0.15, 0.2) is 0 Å². The molecule has 2 amide bonds. The summed E-state index contributed by atoms with van der Waals surface area (Å²) >= 11 is 5.97. The zero-order valence-corrected chi connectivity index (χ0v) is 16.4. The third kappa shape index (κ3) is 5.69.